The van der Waals surface area contributed by atoms with Gasteiger partial charge in [-0.15, -0.1) is 0 Å². The number of benzene rings is 2. The van der Waals surface area contributed by atoms with Crippen LogP contribution in [0.1, 0.15) is 5.56 Å². The molecule has 0 bridgehead atoms. The first-order chi connectivity index (χ1) is 10.5. The van der Waals surface area contributed by atoms with E-state index in [1.165, 1.54) is 0 Å². The molecule has 114 valence electrons. The summed E-state index contributed by atoms with van der Waals surface area (Å²) in [5.74, 6) is -0.827. The van der Waals surface area contributed by atoms with Gasteiger partial charge in [0, 0.05) is 14.3 Å². The molecule has 0 aliphatic carbocycles. The zero-order valence-electron chi connectivity index (χ0n) is 11.5. The maximum atomic E-state index is 11.7. The Bertz CT molecular complexity index is 673. The summed E-state index contributed by atoms with van der Waals surface area (Å²) >= 11 is 7.92. The van der Waals surface area contributed by atoms with E-state index in [1.54, 1.807) is 30.3 Å². The fourth-order valence-corrected chi connectivity index (χ4v) is 2.40. The number of halogens is 2. The molecule has 0 radical (unpaired) electrons. The van der Waals surface area contributed by atoms with Crippen molar-refractivity contribution in [1.82, 2.24) is 0 Å². The molecule has 2 aromatic rings. The molecular formula is C16H13ClINO3. The van der Waals surface area contributed by atoms with E-state index in [1.807, 2.05) is 18.2 Å². The van der Waals surface area contributed by atoms with Crippen LogP contribution in [0.2, 0.25) is 5.02 Å². The second-order valence-corrected chi connectivity index (χ2v) is 6.20. The topological polar surface area (TPSA) is 55.4 Å². The first-order valence-electron chi connectivity index (χ1n) is 6.48. The average Bonchev–Trinajstić information content (AvgIpc) is 2.48. The smallest absolute Gasteiger partial charge is 0.310 e. The fourth-order valence-electron chi connectivity index (χ4n) is 1.73. The van der Waals surface area contributed by atoms with Crippen LogP contribution < -0.4 is 5.32 Å². The number of amides is 1. The zero-order valence-corrected chi connectivity index (χ0v) is 14.4. The van der Waals surface area contributed by atoms with Crippen molar-refractivity contribution in [2.45, 2.75) is 6.42 Å². The van der Waals surface area contributed by atoms with Gasteiger partial charge in [0.05, 0.1) is 6.42 Å². The summed E-state index contributed by atoms with van der Waals surface area (Å²) in [6.07, 6.45) is 0.105. The minimum atomic E-state index is -0.458. The number of hydrogen-bond acceptors (Lipinski definition) is 3. The molecule has 0 spiro atoms. The van der Waals surface area contributed by atoms with E-state index in [2.05, 4.69) is 27.9 Å². The molecule has 0 heterocycles. The largest absolute Gasteiger partial charge is 0.455 e. The number of carbonyl (C=O) groups excluding carboxylic acids is 2. The van der Waals surface area contributed by atoms with Crippen LogP contribution in [-0.2, 0) is 20.7 Å². The molecule has 6 heteroatoms. The highest BCUT2D eigenvalue weighted by atomic mass is 127. The number of esters is 1. The summed E-state index contributed by atoms with van der Waals surface area (Å²) in [5.41, 5.74) is 1.46. The minimum Gasteiger partial charge on any atom is -0.455 e. The molecule has 0 saturated carbocycles. The molecule has 0 unspecified atom stereocenters. The monoisotopic (exact) mass is 429 g/mol. The number of nitrogens with one attached hydrogen (secondary N) is 1. The summed E-state index contributed by atoms with van der Waals surface area (Å²) in [5, 5.41) is 3.28. The Balaban J connectivity index is 1.78. The highest BCUT2D eigenvalue weighted by molar-refractivity contribution is 14.1. The van der Waals surface area contributed by atoms with Crippen molar-refractivity contribution in [2.24, 2.45) is 0 Å². The van der Waals surface area contributed by atoms with Gasteiger partial charge in [0.1, 0.15) is 0 Å². The van der Waals surface area contributed by atoms with E-state index in [9.17, 15) is 9.59 Å². The standard InChI is InChI=1S/C16H13ClINO3/c17-12-6-4-11(5-7-12)8-16(21)22-10-15(20)19-14-3-1-2-13(18)9-14/h1-7,9H,8,10H2,(H,19,20). The van der Waals surface area contributed by atoms with Gasteiger partial charge in [0.2, 0.25) is 0 Å². The Morgan fingerprint density at radius 3 is 2.55 bits per heavy atom. The summed E-state index contributed by atoms with van der Waals surface area (Å²) in [7, 11) is 0. The first-order valence-corrected chi connectivity index (χ1v) is 7.94. The maximum Gasteiger partial charge on any atom is 0.310 e. The number of anilines is 1. The van der Waals surface area contributed by atoms with Crippen molar-refractivity contribution >= 4 is 51.8 Å². The number of rotatable bonds is 5. The Kier molecular flexibility index (Phi) is 6.21. The molecule has 0 aromatic heterocycles. The Morgan fingerprint density at radius 1 is 1.14 bits per heavy atom. The Hall–Kier alpha value is -1.60. The van der Waals surface area contributed by atoms with Crippen LogP contribution in [0.3, 0.4) is 0 Å². The summed E-state index contributed by atoms with van der Waals surface area (Å²) in [6, 6.07) is 14.3. The van der Waals surface area contributed by atoms with E-state index in [-0.39, 0.29) is 18.9 Å². The third-order valence-electron chi connectivity index (χ3n) is 2.73. The van der Waals surface area contributed by atoms with Gasteiger partial charge in [-0.3, -0.25) is 9.59 Å². The van der Waals surface area contributed by atoms with Crippen LogP contribution in [0.4, 0.5) is 5.69 Å². The molecule has 2 aromatic carbocycles. The van der Waals surface area contributed by atoms with Gasteiger partial charge in [0.15, 0.2) is 6.61 Å². The zero-order chi connectivity index (χ0) is 15.9. The van der Waals surface area contributed by atoms with Crippen molar-refractivity contribution in [2.75, 3.05) is 11.9 Å². The second kappa shape index (κ2) is 8.14. The summed E-state index contributed by atoms with van der Waals surface area (Å²) in [6.45, 7) is -0.308. The molecule has 0 aliphatic heterocycles. The highest BCUT2D eigenvalue weighted by Crippen LogP contribution is 2.12. The molecular weight excluding hydrogens is 417 g/mol. The highest BCUT2D eigenvalue weighted by Gasteiger charge is 2.09. The van der Waals surface area contributed by atoms with Crippen LogP contribution in [0, 0.1) is 3.57 Å². The van der Waals surface area contributed by atoms with E-state index in [0.717, 1.165) is 9.13 Å². The van der Waals surface area contributed by atoms with Gasteiger partial charge in [-0.05, 0) is 58.5 Å². The molecule has 4 nitrogen and oxygen atoms in total. The van der Waals surface area contributed by atoms with E-state index in [0.29, 0.717) is 10.7 Å². The van der Waals surface area contributed by atoms with E-state index in [4.69, 9.17) is 16.3 Å². The molecule has 0 saturated heterocycles. The first kappa shape index (κ1) is 16.8. The van der Waals surface area contributed by atoms with Crippen molar-refractivity contribution in [3.63, 3.8) is 0 Å². The minimum absolute atomic E-state index is 0.105. The van der Waals surface area contributed by atoms with E-state index < -0.39 is 5.97 Å². The van der Waals surface area contributed by atoms with Crippen molar-refractivity contribution < 1.29 is 14.3 Å². The predicted octanol–water partition coefficient (Wildman–Crippen LogP) is 3.67. The number of hydrogen-bond donors (Lipinski definition) is 1. The van der Waals surface area contributed by atoms with Gasteiger partial charge < -0.3 is 10.1 Å². The van der Waals surface area contributed by atoms with Crippen LogP contribution >= 0.6 is 34.2 Å². The second-order valence-electron chi connectivity index (χ2n) is 4.52. The van der Waals surface area contributed by atoms with E-state index >= 15 is 0 Å². The van der Waals surface area contributed by atoms with Crippen LogP contribution in [0.25, 0.3) is 0 Å². The molecule has 0 aliphatic rings. The van der Waals surface area contributed by atoms with Gasteiger partial charge >= 0.3 is 5.97 Å². The molecule has 0 atom stereocenters. The Morgan fingerprint density at radius 2 is 1.86 bits per heavy atom. The molecule has 1 N–H and O–H groups in total. The SMILES string of the molecule is O=C(COC(=O)Cc1ccc(Cl)cc1)Nc1cccc(I)c1. The summed E-state index contributed by atoms with van der Waals surface area (Å²) < 4.78 is 5.96. The van der Waals surface area contributed by atoms with Crippen molar-refractivity contribution in [3.05, 3.63) is 62.7 Å². The van der Waals surface area contributed by atoms with Crippen molar-refractivity contribution in [3.8, 4) is 0 Å². The Labute approximate surface area is 146 Å². The maximum absolute atomic E-state index is 11.7. The number of carbonyl (C=O) groups is 2. The molecule has 0 fully saturated rings. The lowest BCUT2D eigenvalue weighted by molar-refractivity contribution is -0.146. The molecule has 1 amide bonds. The summed E-state index contributed by atoms with van der Waals surface area (Å²) in [4.78, 5) is 23.4. The lowest BCUT2D eigenvalue weighted by atomic mass is 10.1. The quantitative estimate of drug-likeness (QED) is 0.583. The molecule has 2 rings (SSSR count). The van der Waals surface area contributed by atoms with Crippen LogP contribution in [-0.4, -0.2) is 18.5 Å². The lowest BCUT2D eigenvalue weighted by Crippen LogP contribution is -2.21. The van der Waals surface area contributed by atoms with Gasteiger partial charge in [-0.25, -0.2) is 0 Å². The number of ether oxygens (including phenoxy) is 1. The van der Waals surface area contributed by atoms with Crippen LogP contribution in [0.5, 0.6) is 0 Å². The predicted molar refractivity (Wildman–Crippen MR) is 93.9 cm³/mol. The normalized spacial score (nSPS) is 10.1. The molecule has 22 heavy (non-hydrogen) atoms. The van der Waals surface area contributed by atoms with Gasteiger partial charge in [-0.2, -0.15) is 0 Å². The van der Waals surface area contributed by atoms with Crippen LogP contribution in [0.15, 0.2) is 48.5 Å². The average molecular weight is 430 g/mol. The fraction of sp³-hybridized carbons (Fsp3) is 0.125. The third kappa shape index (κ3) is 5.65. The lowest BCUT2D eigenvalue weighted by Gasteiger charge is -2.07. The van der Waals surface area contributed by atoms with Gasteiger partial charge in [-0.1, -0.05) is 29.8 Å². The van der Waals surface area contributed by atoms with Crippen molar-refractivity contribution in [1.29, 1.82) is 0 Å². The van der Waals surface area contributed by atoms with Gasteiger partial charge in [0.25, 0.3) is 5.91 Å². The third-order valence-corrected chi connectivity index (χ3v) is 3.66.